The van der Waals surface area contributed by atoms with Crippen molar-refractivity contribution >= 4 is 45.8 Å². The van der Waals surface area contributed by atoms with Crippen molar-refractivity contribution in [1.82, 2.24) is 9.97 Å². The molecule has 3 aromatic heterocycles. The van der Waals surface area contributed by atoms with Crippen LogP contribution in [0.2, 0.25) is 0 Å². The number of fused-ring (bicyclic) bond motifs is 1. The minimum atomic E-state index is -0.489. The molecule has 0 aliphatic carbocycles. The van der Waals surface area contributed by atoms with Crippen molar-refractivity contribution in [2.24, 2.45) is 0 Å². The van der Waals surface area contributed by atoms with Crippen LogP contribution in [0, 0.1) is 6.92 Å². The lowest BCUT2D eigenvalue weighted by Crippen LogP contribution is -2.30. The molecule has 9 heteroatoms. The number of aryl methyl sites for hydroxylation is 1. The van der Waals surface area contributed by atoms with Crippen LogP contribution < -0.4 is 10.2 Å². The standard InChI is InChI=1S/C19H20N4O4S/c1-11-13(17(24)22-12-6-9-28-15(12)19(25)26-2)14-16(20-10-21-18(14)27-11)23-7-4-3-5-8-23/h6,9-10H,3-5,7-8H2,1-2H3,(H,22,24). The molecule has 28 heavy (non-hydrogen) atoms. The van der Waals surface area contributed by atoms with Crippen molar-refractivity contribution in [3.63, 3.8) is 0 Å². The Morgan fingerprint density at radius 1 is 1.25 bits per heavy atom. The fraction of sp³-hybridized carbons (Fsp3) is 0.368. The van der Waals surface area contributed by atoms with Gasteiger partial charge in [0.2, 0.25) is 5.71 Å². The molecule has 3 aromatic rings. The molecule has 1 amide bonds. The van der Waals surface area contributed by atoms with Gasteiger partial charge in [0.05, 0.1) is 23.7 Å². The van der Waals surface area contributed by atoms with Crippen LogP contribution in [0.5, 0.6) is 0 Å². The van der Waals surface area contributed by atoms with Gasteiger partial charge in [-0.3, -0.25) is 4.79 Å². The summed E-state index contributed by atoms with van der Waals surface area (Å²) in [5.74, 6) is 0.315. The number of amides is 1. The zero-order valence-corrected chi connectivity index (χ0v) is 16.5. The molecule has 4 heterocycles. The highest BCUT2D eigenvalue weighted by Gasteiger charge is 2.27. The smallest absolute Gasteiger partial charge is 0.350 e. The lowest BCUT2D eigenvalue weighted by Gasteiger charge is -2.28. The predicted molar refractivity (Wildman–Crippen MR) is 106 cm³/mol. The van der Waals surface area contributed by atoms with Gasteiger partial charge in [0.1, 0.15) is 22.8 Å². The minimum Gasteiger partial charge on any atom is -0.465 e. The molecular weight excluding hydrogens is 380 g/mol. The third-order valence-electron chi connectivity index (χ3n) is 4.81. The molecule has 1 fully saturated rings. The Bertz CT molecular complexity index is 1040. The van der Waals surface area contributed by atoms with Crippen molar-refractivity contribution < 1.29 is 18.7 Å². The zero-order valence-electron chi connectivity index (χ0n) is 15.7. The van der Waals surface area contributed by atoms with Crippen LogP contribution in [0.3, 0.4) is 0 Å². The maximum Gasteiger partial charge on any atom is 0.350 e. The van der Waals surface area contributed by atoms with Gasteiger partial charge in [-0.2, -0.15) is 0 Å². The van der Waals surface area contributed by atoms with Gasteiger partial charge in [0.25, 0.3) is 5.91 Å². The van der Waals surface area contributed by atoms with Gasteiger partial charge < -0.3 is 19.4 Å². The van der Waals surface area contributed by atoms with Crippen molar-refractivity contribution in [3.8, 4) is 0 Å². The van der Waals surface area contributed by atoms with Crippen LogP contribution >= 0.6 is 11.3 Å². The fourth-order valence-corrected chi connectivity index (χ4v) is 4.26. The van der Waals surface area contributed by atoms with E-state index < -0.39 is 5.97 Å². The number of nitrogens with one attached hydrogen (secondary N) is 1. The highest BCUT2D eigenvalue weighted by atomic mass is 32.1. The summed E-state index contributed by atoms with van der Waals surface area (Å²) in [6, 6.07) is 1.68. The third kappa shape index (κ3) is 3.22. The molecule has 1 aliphatic rings. The number of piperidine rings is 1. The van der Waals surface area contributed by atoms with E-state index in [0.29, 0.717) is 38.8 Å². The van der Waals surface area contributed by atoms with Crippen LogP contribution in [0.25, 0.3) is 11.1 Å². The number of nitrogens with zero attached hydrogens (tertiary/aromatic N) is 3. The number of aromatic nitrogens is 2. The fourth-order valence-electron chi connectivity index (χ4n) is 3.49. The topological polar surface area (TPSA) is 97.6 Å². The summed E-state index contributed by atoms with van der Waals surface area (Å²) in [5, 5.41) is 5.14. The Kier molecular flexibility index (Phi) is 4.99. The highest BCUT2D eigenvalue weighted by Crippen LogP contribution is 2.33. The SMILES string of the molecule is COC(=O)c1sccc1NC(=O)c1c(C)oc2ncnc(N3CCCCC3)c12. The summed E-state index contributed by atoms with van der Waals surface area (Å²) >= 11 is 1.21. The summed E-state index contributed by atoms with van der Waals surface area (Å²) in [5.41, 5.74) is 1.18. The van der Waals surface area contributed by atoms with E-state index in [1.165, 1.54) is 31.2 Å². The number of hydrogen-bond donors (Lipinski definition) is 1. The van der Waals surface area contributed by atoms with E-state index in [1.54, 1.807) is 18.4 Å². The van der Waals surface area contributed by atoms with Crippen LogP contribution in [0.4, 0.5) is 11.5 Å². The molecular formula is C19H20N4O4S. The number of anilines is 2. The van der Waals surface area contributed by atoms with Gasteiger partial charge in [-0.15, -0.1) is 11.3 Å². The van der Waals surface area contributed by atoms with E-state index in [9.17, 15) is 9.59 Å². The Morgan fingerprint density at radius 3 is 2.79 bits per heavy atom. The van der Waals surface area contributed by atoms with E-state index in [0.717, 1.165) is 25.9 Å². The quantitative estimate of drug-likeness (QED) is 0.668. The Balaban J connectivity index is 1.74. The molecule has 0 bridgehead atoms. The Labute approximate surface area is 165 Å². The number of carbonyl (C=O) groups excluding carboxylic acids is 2. The average molecular weight is 400 g/mol. The van der Waals surface area contributed by atoms with Gasteiger partial charge in [-0.05, 0) is 37.6 Å². The second-order valence-electron chi connectivity index (χ2n) is 6.57. The Morgan fingerprint density at radius 2 is 2.04 bits per heavy atom. The molecule has 0 spiro atoms. The molecule has 146 valence electrons. The summed E-state index contributed by atoms with van der Waals surface area (Å²) in [4.78, 5) is 36.2. The molecule has 0 unspecified atom stereocenters. The largest absolute Gasteiger partial charge is 0.465 e. The number of furan rings is 1. The third-order valence-corrected chi connectivity index (χ3v) is 5.71. The van der Waals surface area contributed by atoms with E-state index in [2.05, 4.69) is 20.2 Å². The maximum atomic E-state index is 13.1. The van der Waals surface area contributed by atoms with Crippen molar-refractivity contribution in [1.29, 1.82) is 0 Å². The lowest BCUT2D eigenvalue weighted by atomic mass is 10.1. The minimum absolute atomic E-state index is 0.341. The molecule has 1 N–H and O–H groups in total. The van der Waals surface area contributed by atoms with Gasteiger partial charge in [0, 0.05) is 13.1 Å². The molecule has 8 nitrogen and oxygen atoms in total. The van der Waals surface area contributed by atoms with E-state index >= 15 is 0 Å². The zero-order chi connectivity index (χ0) is 19.7. The normalized spacial score (nSPS) is 14.3. The number of methoxy groups -OCH3 is 1. The number of rotatable bonds is 4. The van der Waals surface area contributed by atoms with E-state index in [-0.39, 0.29) is 5.91 Å². The van der Waals surface area contributed by atoms with Crippen molar-refractivity contribution in [3.05, 3.63) is 34.0 Å². The number of hydrogen-bond acceptors (Lipinski definition) is 8. The summed E-state index contributed by atoms with van der Waals surface area (Å²) in [6.07, 6.45) is 4.82. The average Bonchev–Trinajstić information content (AvgIpc) is 3.31. The second-order valence-corrected chi connectivity index (χ2v) is 7.48. The van der Waals surface area contributed by atoms with Crippen molar-refractivity contribution in [2.75, 3.05) is 30.4 Å². The molecule has 4 rings (SSSR count). The maximum absolute atomic E-state index is 13.1. The van der Waals surface area contributed by atoms with E-state index in [1.807, 2.05) is 0 Å². The van der Waals surface area contributed by atoms with Gasteiger partial charge in [-0.1, -0.05) is 0 Å². The van der Waals surface area contributed by atoms with Gasteiger partial charge >= 0.3 is 5.97 Å². The predicted octanol–water partition coefficient (Wildman–Crippen LogP) is 3.62. The first-order valence-electron chi connectivity index (χ1n) is 9.06. The highest BCUT2D eigenvalue weighted by molar-refractivity contribution is 7.12. The molecule has 1 saturated heterocycles. The second kappa shape index (κ2) is 7.59. The molecule has 0 aromatic carbocycles. The number of thiophene rings is 1. The van der Waals surface area contributed by atoms with Crippen LogP contribution in [0.1, 0.15) is 45.1 Å². The van der Waals surface area contributed by atoms with Gasteiger partial charge in [0.15, 0.2) is 0 Å². The molecule has 0 atom stereocenters. The molecule has 0 saturated carbocycles. The monoisotopic (exact) mass is 400 g/mol. The number of carbonyl (C=O) groups is 2. The van der Waals surface area contributed by atoms with Crippen molar-refractivity contribution in [2.45, 2.75) is 26.2 Å². The first kappa shape index (κ1) is 18.4. The van der Waals surface area contributed by atoms with Crippen LogP contribution in [-0.4, -0.2) is 42.0 Å². The number of ether oxygens (including phenoxy) is 1. The first-order chi connectivity index (χ1) is 13.6. The lowest BCUT2D eigenvalue weighted by molar-refractivity contribution is 0.0607. The summed E-state index contributed by atoms with van der Waals surface area (Å²) in [6.45, 7) is 3.49. The summed E-state index contributed by atoms with van der Waals surface area (Å²) in [7, 11) is 1.31. The summed E-state index contributed by atoms with van der Waals surface area (Å²) < 4.78 is 10.5. The molecule has 1 aliphatic heterocycles. The first-order valence-corrected chi connectivity index (χ1v) is 9.94. The number of esters is 1. The van der Waals surface area contributed by atoms with Crippen LogP contribution in [-0.2, 0) is 4.74 Å². The van der Waals surface area contributed by atoms with Crippen LogP contribution in [0.15, 0.2) is 22.2 Å². The van der Waals surface area contributed by atoms with Gasteiger partial charge in [-0.25, -0.2) is 14.8 Å². The Hall–Kier alpha value is -2.94. The van der Waals surface area contributed by atoms with E-state index in [4.69, 9.17) is 9.15 Å². The molecule has 0 radical (unpaired) electrons.